The standard InChI is InChI=1S/C26H22N4O2S/c1-19-12-14-21(15-13-19)30-25(32)22-10-5-6-11-23(22)28-26(30)33-18-24(31)29(17-7-16-27)20-8-3-2-4-9-20/h2-6,8-15H,7,17-18H2,1H3. The van der Waals surface area contributed by atoms with Gasteiger partial charge in [-0.1, -0.05) is 59.8 Å². The van der Waals surface area contributed by atoms with Gasteiger partial charge in [0.05, 0.1) is 34.8 Å². The van der Waals surface area contributed by atoms with Gasteiger partial charge in [0.2, 0.25) is 5.91 Å². The van der Waals surface area contributed by atoms with E-state index in [9.17, 15) is 9.59 Å². The van der Waals surface area contributed by atoms with Crippen LogP contribution in [0.4, 0.5) is 5.69 Å². The van der Waals surface area contributed by atoms with Crippen LogP contribution in [0, 0.1) is 18.3 Å². The highest BCUT2D eigenvalue weighted by atomic mass is 32.2. The molecule has 1 amide bonds. The molecule has 0 saturated heterocycles. The Morgan fingerprint density at radius 1 is 1.03 bits per heavy atom. The van der Waals surface area contributed by atoms with Crippen molar-refractivity contribution < 1.29 is 4.79 Å². The lowest BCUT2D eigenvalue weighted by molar-refractivity contribution is -0.116. The second kappa shape index (κ2) is 10.2. The number of anilines is 1. The van der Waals surface area contributed by atoms with Gasteiger partial charge in [-0.15, -0.1) is 0 Å². The fraction of sp³-hybridized carbons (Fsp3) is 0.154. The summed E-state index contributed by atoms with van der Waals surface area (Å²) < 4.78 is 1.56. The minimum Gasteiger partial charge on any atom is -0.311 e. The number of aromatic nitrogens is 2. The molecule has 164 valence electrons. The molecule has 0 spiro atoms. The molecule has 0 fully saturated rings. The largest absolute Gasteiger partial charge is 0.311 e. The van der Waals surface area contributed by atoms with Crippen molar-refractivity contribution in [1.82, 2.24) is 9.55 Å². The summed E-state index contributed by atoms with van der Waals surface area (Å²) in [4.78, 5) is 32.8. The zero-order valence-electron chi connectivity index (χ0n) is 18.1. The minimum atomic E-state index is -0.177. The Labute approximate surface area is 196 Å². The van der Waals surface area contributed by atoms with Crippen molar-refractivity contribution in [3.8, 4) is 11.8 Å². The van der Waals surface area contributed by atoms with Gasteiger partial charge in [0.1, 0.15) is 0 Å². The zero-order valence-corrected chi connectivity index (χ0v) is 19.0. The van der Waals surface area contributed by atoms with Crippen LogP contribution in [0.15, 0.2) is 88.8 Å². The van der Waals surface area contributed by atoms with Crippen molar-refractivity contribution in [3.63, 3.8) is 0 Å². The number of amides is 1. The third-order valence-electron chi connectivity index (χ3n) is 5.18. The first kappa shape index (κ1) is 22.3. The Hall–Kier alpha value is -3.89. The highest BCUT2D eigenvalue weighted by Gasteiger charge is 2.19. The van der Waals surface area contributed by atoms with E-state index in [0.717, 1.165) is 11.3 Å². The molecule has 0 saturated carbocycles. The number of benzene rings is 3. The first-order valence-corrected chi connectivity index (χ1v) is 11.5. The molecule has 0 N–H and O–H groups in total. The van der Waals surface area contributed by atoms with Gasteiger partial charge in [0, 0.05) is 12.2 Å². The van der Waals surface area contributed by atoms with Gasteiger partial charge in [-0.25, -0.2) is 4.98 Å². The summed E-state index contributed by atoms with van der Waals surface area (Å²) in [6.45, 7) is 2.29. The first-order chi connectivity index (χ1) is 16.1. The smallest absolute Gasteiger partial charge is 0.266 e. The maximum atomic E-state index is 13.4. The summed E-state index contributed by atoms with van der Waals surface area (Å²) in [5, 5.41) is 9.99. The number of hydrogen-bond donors (Lipinski definition) is 0. The van der Waals surface area contributed by atoms with Gasteiger partial charge in [0.15, 0.2) is 5.16 Å². The van der Waals surface area contributed by atoms with Crippen LogP contribution in [0.1, 0.15) is 12.0 Å². The molecule has 0 unspecified atom stereocenters. The Bertz CT molecular complexity index is 1380. The summed E-state index contributed by atoms with van der Waals surface area (Å²) in [5.74, 6) is -0.0731. The fourth-order valence-corrected chi connectivity index (χ4v) is 4.39. The molecule has 0 atom stereocenters. The molecule has 0 aliphatic rings. The van der Waals surface area contributed by atoms with E-state index < -0.39 is 0 Å². The molecule has 1 heterocycles. The lowest BCUT2D eigenvalue weighted by Crippen LogP contribution is -2.33. The molecule has 7 heteroatoms. The van der Waals surface area contributed by atoms with Crippen LogP contribution in [0.3, 0.4) is 0 Å². The zero-order chi connectivity index (χ0) is 23.2. The molecule has 0 aliphatic carbocycles. The highest BCUT2D eigenvalue weighted by molar-refractivity contribution is 7.99. The third kappa shape index (κ3) is 4.97. The fourth-order valence-electron chi connectivity index (χ4n) is 3.50. The van der Waals surface area contributed by atoms with Crippen LogP contribution < -0.4 is 10.5 Å². The molecule has 4 aromatic rings. The van der Waals surface area contributed by atoms with Gasteiger partial charge in [-0.2, -0.15) is 5.26 Å². The van der Waals surface area contributed by atoms with Crippen LogP contribution in [-0.4, -0.2) is 27.8 Å². The topological polar surface area (TPSA) is 79.0 Å². The number of rotatable bonds is 7. The van der Waals surface area contributed by atoms with E-state index in [1.807, 2.05) is 73.7 Å². The van der Waals surface area contributed by atoms with Crippen molar-refractivity contribution in [1.29, 1.82) is 5.26 Å². The SMILES string of the molecule is Cc1ccc(-n2c(SCC(=O)N(CCC#N)c3ccccc3)nc3ccccc3c2=O)cc1. The third-order valence-corrected chi connectivity index (χ3v) is 6.10. The van der Waals surface area contributed by atoms with E-state index >= 15 is 0 Å². The summed E-state index contributed by atoms with van der Waals surface area (Å²) in [5.41, 5.74) is 2.93. The number of carbonyl (C=O) groups is 1. The quantitative estimate of drug-likeness (QED) is 0.298. The number of nitriles is 1. The number of thioether (sulfide) groups is 1. The molecule has 1 aromatic heterocycles. The normalized spacial score (nSPS) is 10.7. The van der Waals surface area contributed by atoms with Gasteiger partial charge < -0.3 is 4.90 Å². The van der Waals surface area contributed by atoms with E-state index in [1.54, 1.807) is 21.6 Å². The van der Waals surface area contributed by atoms with E-state index in [-0.39, 0.29) is 23.6 Å². The molecule has 6 nitrogen and oxygen atoms in total. The molecule has 0 radical (unpaired) electrons. The predicted octanol–water partition coefficient (Wildman–Crippen LogP) is 4.73. The average molecular weight is 455 g/mol. The van der Waals surface area contributed by atoms with Crippen LogP contribution in [0.25, 0.3) is 16.6 Å². The Balaban J connectivity index is 1.69. The summed E-state index contributed by atoms with van der Waals surface area (Å²) in [6, 6.07) is 26.2. The minimum absolute atomic E-state index is 0.0803. The first-order valence-electron chi connectivity index (χ1n) is 10.5. The number of nitrogens with zero attached hydrogens (tertiary/aromatic N) is 4. The highest BCUT2D eigenvalue weighted by Crippen LogP contribution is 2.23. The summed E-state index contributed by atoms with van der Waals surface area (Å²) in [7, 11) is 0. The molecule has 33 heavy (non-hydrogen) atoms. The number of hydrogen-bond acceptors (Lipinski definition) is 5. The predicted molar refractivity (Wildman–Crippen MR) is 132 cm³/mol. The maximum absolute atomic E-state index is 13.4. The van der Waals surface area contributed by atoms with Gasteiger partial charge >= 0.3 is 0 Å². The summed E-state index contributed by atoms with van der Waals surface area (Å²) >= 11 is 1.22. The van der Waals surface area contributed by atoms with Crippen molar-refractivity contribution in [2.75, 3.05) is 17.2 Å². The van der Waals surface area contributed by atoms with Crippen molar-refractivity contribution in [2.24, 2.45) is 0 Å². The van der Waals surface area contributed by atoms with Crippen LogP contribution in [0.5, 0.6) is 0 Å². The molecular weight excluding hydrogens is 432 g/mol. The Kier molecular flexibility index (Phi) is 6.86. The maximum Gasteiger partial charge on any atom is 0.266 e. The molecule has 0 aliphatic heterocycles. The number of carbonyl (C=O) groups excluding carboxylic acids is 1. The number of para-hydroxylation sites is 2. The second-order valence-electron chi connectivity index (χ2n) is 7.47. The lowest BCUT2D eigenvalue weighted by atomic mass is 10.2. The number of fused-ring (bicyclic) bond motifs is 1. The van der Waals surface area contributed by atoms with E-state index in [4.69, 9.17) is 10.2 Å². The van der Waals surface area contributed by atoms with Gasteiger partial charge in [-0.05, 0) is 43.3 Å². The van der Waals surface area contributed by atoms with Crippen LogP contribution in [0.2, 0.25) is 0 Å². The lowest BCUT2D eigenvalue weighted by Gasteiger charge is -2.22. The summed E-state index contributed by atoms with van der Waals surface area (Å²) in [6.07, 6.45) is 0.230. The second-order valence-corrected chi connectivity index (χ2v) is 8.41. The molecule has 4 rings (SSSR count). The Morgan fingerprint density at radius 2 is 1.73 bits per heavy atom. The molecule has 3 aromatic carbocycles. The number of aryl methyl sites for hydroxylation is 1. The average Bonchev–Trinajstić information content (AvgIpc) is 2.84. The van der Waals surface area contributed by atoms with Gasteiger partial charge in [-0.3, -0.25) is 14.2 Å². The van der Waals surface area contributed by atoms with E-state index in [0.29, 0.717) is 28.3 Å². The van der Waals surface area contributed by atoms with Crippen molar-refractivity contribution in [3.05, 3.63) is 94.8 Å². The van der Waals surface area contributed by atoms with Crippen LogP contribution >= 0.6 is 11.8 Å². The van der Waals surface area contributed by atoms with Crippen molar-refractivity contribution >= 4 is 34.3 Å². The van der Waals surface area contributed by atoms with E-state index in [1.165, 1.54) is 11.8 Å². The van der Waals surface area contributed by atoms with Gasteiger partial charge in [0.25, 0.3) is 5.56 Å². The van der Waals surface area contributed by atoms with Crippen molar-refractivity contribution in [2.45, 2.75) is 18.5 Å². The molecular formula is C26H22N4O2S. The Morgan fingerprint density at radius 3 is 2.45 bits per heavy atom. The van der Waals surface area contributed by atoms with E-state index in [2.05, 4.69) is 6.07 Å². The van der Waals surface area contributed by atoms with Crippen LogP contribution in [-0.2, 0) is 4.79 Å². The molecule has 0 bridgehead atoms. The monoisotopic (exact) mass is 454 g/mol.